The van der Waals surface area contributed by atoms with Gasteiger partial charge in [0.2, 0.25) is 5.91 Å². The number of hydrogen-bond donors (Lipinski definition) is 1. The number of carbonyl (C=O) groups is 1. The Bertz CT molecular complexity index is 791. The number of para-hydroxylation sites is 1. The lowest BCUT2D eigenvalue weighted by molar-refractivity contribution is -0.117. The van der Waals surface area contributed by atoms with Gasteiger partial charge in [-0.2, -0.15) is 5.10 Å². The fourth-order valence-electron chi connectivity index (χ4n) is 2.36. The van der Waals surface area contributed by atoms with E-state index < -0.39 is 0 Å². The van der Waals surface area contributed by atoms with Crippen LogP contribution in [0.4, 0.5) is 5.82 Å². The molecule has 0 spiro atoms. The number of nitrogens with one attached hydrogen (secondary N) is 1. The molecule has 1 N–H and O–H groups in total. The lowest BCUT2D eigenvalue weighted by Crippen LogP contribution is -2.19. The molecule has 0 saturated carbocycles. The molecule has 1 amide bonds. The van der Waals surface area contributed by atoms with E-state index in [-0.39, 0.29) is 11.8 Å². The second-order valence-electron chi connectivity index (χ2n) is 5.60. The Morgan fingerprint density at radius 3 is 2.43 bits per heavy atom. The van der Waals surface area contributed by atoms with Crippen LogP contribution in [-0.2, 0) is 4.79 Å². The molecule has 0 fully saturated rings. The van der Waals surface area contributed by atoms with E-state index in [9.17, 15) is 4.79 Å². The fourth-order valence-corrected chi connectivity index (χ4v) is 2.36. The quantitative estimate of drug-likeness (QED) is 0.794. The zero-order chi connectivity index (χ0) is 16.2. The standard InChI is InChI=1S/C19H19N3O/c1-14-8-10-16(11-9-14)15(2)19(23)20-18-12-13-22(21-18)17-6-4-3-5-7-17/h3-13,15H,1-2H3,(H,20,21,23). The predicted octanol–water partition coefficient (Wildman–Crippen LogP) is 3.92. The van der Waals surface area contributed by atoms with Crippen molar-refractivity contribution in [3.63, 3.8) is 0 Å². The van der Waals surface area contributed by atoms with Gasteiger partial charge in [-0.05, 0) is 31.5 Å². The SMILES string of the molecule is Cc1ccc(C(C)C(=O)Nc2ccn(-c3ccccc3)n2)cc1. The first-order chi connectivity index (χ1) is 11.1. The van der Waals surface area contributed by atoms with Gasteiger partial charge in [0, 0.05) is 12.3 Å². The average molecular weight is 305 g/mol. The third kappa shape index (κ3) is 3.48. The lowest BCUT2D eigenvalue weighted by atomic mass is 9.99. The maximum absolute atomic E-state index is 12.4. The van der Waals surface area contributed by atoms with Crippen LogP contribution >= 0.6 is 0 Å². The van der Waals surface area contributed by atoms with E-state index in [4.69, 9.17) is 0 Å². The van der Waals surface area contributed by atoms with Gasteiger partial charge in [-0.15, -0.1) is 0 Å². The summed E-state index contributed by atoms with van der Waals surface area (Å²) in [6.45, 7) is 3.93. The molecule has 0 aliphatic rings. The van der Waals surface area contributed by atoms with Crippen LogP contribution in [0.1, 0.15) is 24.0 Å². The van der Waals surface area contributed by atoms with Crippen LogP contribution in [0.5, 0.6) is 0 Å². The van der Waals surface area contributed by atoms with Gasteiger partial charge >= 0.3 is 0 Å². The zero-order valence-electron chi connectivity index (χ0n) is 13.2. The van der Waals surface area contributed by atoms with Crippen molar-refractivity contribution in [2.24, 2.45) is 0 Å². The highest BCUT2D eigenvalue weighted by Gasteiger charge is 2.16. The van der Waals surface area contributed by atoms with Crippen molar-refractivity contribution in [3.8, 4) is 5.69 Å². The molecule has 116 valence electrons. The van der Waals surface area contributed by atoms with Gasteiger partial charge in [0.25, 0.3) is 0 Å². The first kappa shape index (κ1) is 15.0. The van der Waals surface area contributed by atoms with Crippen molar-refractivity contribution in [3.05, 3.63) is 78.0 Å². The molecule has 1 unspecified atom stereocenters. The summed E-state index contributed by atoms with van der Waals surface area (Å²) in [5, 5.41) is 7.27. The fraction of sp³-hybridized carbons (Fsp3) is 0.158. The molecule has 0 saturated heterocycles. The second kappa shape index (κ2) is 6.48. The number of aromatic nitrogens is 2. The molecular weight excluding hydrogens is 286 g/mol. The topological polar surface area (TPSA) is 46.9 Å². The summed E-state index contributed by atoms with van der Waals surface area (Å²) in [7, 11) is 0. The highest BCUT2D eigenvalue weighted by Crippen LogP contribution is 2.18. The van der Waals surface area contributed by atoms with Gasteiger partial charge in [-0.1, -0.05) is 48.0 Å². The third-order valence-electron chi connectivity index (χ3n) is 3.83. The zero-order valence-corrected chi connectivity index (χ0v) is 13.2. The van der Waals surface area contributed by atoms with E-state index in [1.807, 2.05) is 74.6 Å². The Kier molecular flexibility index (Phi) is 4.24. The van der Waals surface area contributed by atoms with Gasteiger partial charge < -0.3 is 5.32 Å². The van der Waals surface area contributed by atoms with E-state index in [1.165, 1.54) is 5.56 Å². The second-order valence-corrected chi connectivity index (χ2v) is 5.60. The summed E-state index contributed by atoms with van der Waals surface area (Å²) in [4.78, 5) is 12.4. The molecule has 0 aliphatic heterocycles. The normalized spacial score (nSPS) is 11.9. The summed E-state index contributed by atoms with van der Waals surface area (Å²) in [5.74, 6) is 0.266. The van der Waals surface area contributed by atoms with Crippen molar-refractivity contribution in [2.45, 2.75) is 19.8 Å². The summed E-state index contributed by atoms with van der Waals surface area (Å²) in [6, 6.07) is 19.6. The van der Waals surface area contributed by atoms with Gasteiger partial charge in [0.15, 0.2) is 5.82 Å². The highest BCUT2D eigenvalue weighted by molar-refractivity contribution is 5.94. The Morgan fingerprint density at radius 2 is 1.74 bits per heavy atom. The smallest absolute Gasteiger partial charge is 0.232 e. The molecule has 2 aromatic carbocycles. The largest absolute Gasteiger partial charge is 0.309 e. The van der Waals surface area contributed by atoms with E-state index in [1.54, 1.807) is 10.7 Å². The number of carbonyl (C=O) groups excluding carboxylic acids is 1. The van der Waals surface area contributed by atoms with E-state index in [0.717, 1.165) is 11.3 Å². The summed E-state index contributed by atoms with van der Waals surface area (Å²) >= 11 is 0. The summed E-state index contributed by atoms with van der Waals surface area (Å²) in [6.07, 6.45) is 1.83. The van der Waals surface area contributed by atoms with Crippen LogP contribution in [0.25, 0.3) is 5.69 Å². The average Bonchev–Trinajstić information content (AvgIpc) is 3.04. The van der Waals surface area contributed by atoms with Crippen LogP contribution in [-0.4, -0.2) is 15.7 Å². The third-order valence-corrected chi connectivity index (χ3v) is 3.83. The van der Waals surface area contributed by atoms with Gasteiger partial charge in [-0.25, -0.2) is 4.68 Å². The van der Waals surface area contributed by atoms with E-state index in [0.29, 0.717) is 5.82 Å². The molecule has 0 radical (unpaired) electrons. The van der Waals surface area contributed by atoms with Crippen molar-refractivity contribution < 1.29 is 4.79 Å². The molecule has 23 heavy (non-hydrogen) atoms. The minimum atomic E-state index is -0.225. The number of amides is 1. The number of aryl methyl sites for hydroxylation is 1. The Labute approximate surface area is 135 Å². The molecule has 0 aliphatic carbocycles. The minimum absolute atomic E-state index is 0.0628. The van der Waals surface area contributed by atoms with Gasteiger partial charge in [0.1, 0.15) is 0 Å². The molecule has 1 heterocycles. The first-order valence-electron chi connectivity index (χ1n) is 7.62. The van der Waals surface area contributed by atoms with E-state index in [2.05, 4.69) is 10.4 Å². The maximum Gasteiger partial charge on any atom is 0.232 e. The number of hydrogen-bond acceptors (Lipinski definition) is 2. The Hall–Kier alpha value is -2.88. The molecule has 3 aromatic rings. The van der Waals surface area contributed by atoms with E-state index >= 15 is 0 Å². The van der Waals surface area contributed by atoms with Crippen LogP contribution in [0, 0.1) is 6.92 Å². The minimum Gasteiger partial charge on any atom is -0.309 e. The number of rotatable bonds is 4. The van der Waals surface area contributed by atoms with Gasteiger partial charge in [0.05, 0.1) is 11.6 Å². The molecular formula is C19H19N3O. The van der Waals surface area contributed by atoms with Crippen LogP contribution in [0.3, 0.4) is 0 Å². The Morgan fingerprint density at radius 1 is 1.04 bits per heavy atom. The first-order valence-corrected chi connectivity index (χ1v) is 7.62. The molecule has 3 rings (SSSR count). The Balaban J connectivity index is 1.71. The predicted molar refractivity (Wildman–Crippen MR) is 91.8 cm³/mol. The van der Waals surface area contributed by atoms with Crippen molar-refractivity contribution in [1.29, 1.82) is 0 Å². The molecule has 4 nitrogen and oxygen atoms in total. The van der Waals surface area contributed by atoms with Crippen molar-refractivity contribution >= 4 is 11.7 Å². The number of nitrogens with zero attached hydrogens (tertiary/aromatic N) is 2. The molecule has 0 bridgehead atoms. The summed E-state index contributed by atoms with van der Waals surface area (Å²) < 4.78 is 1.74. The molecule has 1 aromatic heterocycles. The molecule has 1 atom stereocenters. The highest BCUT2D eigenvalue weighted by atomic mass is 16.1. The number of anilines is 1. The monoisotopic (exact) mass is 305 g/mol. The van der Waals surface area contributed by atoms with Crippen LogP contribution in [0.2, 0.25) is 0 Å². The van der Waals surface area contributed by atoms with Crippen molar-refractivity contribution in [2.75, 3.05) is 5.32 Å². The van der Waals surface area contributed by atoms with Crippen LogP contribution < -0.4 is 5.32 Å². The van der Waals surface area contributed by atoms with Gasteiger partial charge in [-0.3, -0.25) is 4.79 Å². The lowest BCUT2D eigenvalue weighted by Gasteiger charge is -2.11. The maximum atomic E-state index is 12.4. The molecule has 4 heteroatoms. The number of benzene rings is 2. The summed E-state index contributed by atoms with van der Waals surface area (Å²) in [5.41, 5.74) is 3.14. The van der Waals surface area contributed by atoms with Crippen LogP contribution in [0.15, 0.2) is 66.9 Å². The van der Waals surface area contributed by atoms with Crippen molar-refractivity contribution in [1.82, 2.24) is 9.78 Å².